The van der Waals surface area contributed by atoms with Gasteiger partial charge >= 0.3 is 0 Å². The maximum atomic E-state index is 13.2. The number of aryl methyl sites for hydroxylation is 1. The smallest absolute Gasteiger partial charge is 0.231 e. The number of hydrogen-bond acceptors (Lipinski definition) is 5. The Morgan fingerprint density at radius 1 is 0.867 bits per heavy atom. The van der Waals surface area contributed by atoms with Crippen molar-refractivity contribution in [2.24, 2.45) is 0 Å². The van der Waals surface area contributed by atoms with E-state index in [0.717, 1.165) is 27.5 Å². The minimum atomic E-state index is -3.70. The number of nitrogens with zero attached hydrogens (tertiary/aromatic N) is 2. The van der Waals surface area contributed by atoms with E-state index < -0.39 is 16.1 Å². The van der Waals surface area contributed by atoms with Gasteiger partial charge in [-0.2, -0.15) is 0 Å². The number of rotatable bonds is 5. The third kappa shape index (κ3) is 3.39. The molecule has 3 aromatic carbocycles. The molecule has 2 atom stereocenters. The van der Waals surface area contributed by atoms with Gasteiger partial charge in [-0.15, -0.1) is 0 Å². The van der Waals surface area contributed by atoms with Gasteiger partial charge in [0, 0.05) is 12.4 Å². The van der Waals surface area contributed by atoms with E-state index in [2.05, 4.69) is 32.9 Å². The first-order chi connectivity index (χ1) is 14.5. The first-order valence-electron chi connectivity index (χ1n) is 9.57. The van der Waals surface area contributed by atoms with Crippen molar-refractivity contribution in [3.63, 3.8) is 0 Å². The highest BCUT2D eigenvalue weighted by Gasteiger charge is 2.38. The zero-order chi connectivity index (χ0) is 20.7. The fourth-order valence-electron chi connectivity index (χ4n) is 3.91. The lowest BCUT2D eigenvalue weighted by Gasteiger charge is -2.22. The third-order valence-corrected chi connectivity index (χ3v) is 7.96. The molecular formula is C23H19N3O2S2. The standard InChI is InChI=1S/C23H19N3O2S2/c1-15-9-11-17(12-10-15)30(27,28)26-21-18-7-2-5-16-6-3-8-19(20(16)18)22(21)29-23-24-13-4-14-25-23/h2-14,21-22,26H,1H3/t21-,22-/m0/s1. The van der Waals surface area contributed by atoms with E-state index in [0.29, 0.717) is 5.16 Å². The van der Waals surface area contributed by atoms with Gasteiger partial charge in [0.2, 0.25) is 10.0 Å². The van der Waals surface area contributed by atoms with Crippen LogP contribution in [0.25, 0.3) is 10.8 Å². The first-order valence-corrected chi connectivity index (χ1v) is 11.9. The van der Waals surface area contributed by atoms with Crippen LogP contribution in [0, 0.1) is 6.92 Å². The summed E-state index contributed by atoms with van der Waals surface area (Å²) in [5, 5.41) is 2.65. The van der Waals surface area contributed by atoms with Crippen LogP contribution in [0.5, 0.6) is 0 Å². The molecule has 0 radical (unpaired) electrons. The van der Waals surface area contributed by atoms with Gasteiger partial charge in [-0.3, -0.25) is 0 Å². The molecule has 0 fully saturated rings. The molecule has 4 aromatic rings. The predicted octanol–water partition coefficient (Wildman–Crippen LogP) is 4.80. The van der Waals surface area contributed by atoms with Gasteiger partial charge in [-0.1, -0.05) is 65.9 Å². The van der Waals surface area contributed by atoms with Crippen LogP contribution in [0.1, 0.15) is 28.0 Å². The van der Waals surface area contributed by atoms with Crippen molar-refractivity contribution in [3.8, 4) is 0 Å². The summed E-state index contributed by atoms with van der Waals surface area (Å²) in [5.74, 6) is 0. The van der Waals surface area contributed by atoms with E-state index >= 15 is 0 Å². The maximum absolute atomic E-state index is 13.2. The third-order valence-electron chi connectivity index (χ3n) is 5.30. The zero-order valence-electron chi connectivity index (χ0n) is 16.2. The molecule has 1 N–H and O–H groups in total. The van der Waals surface area contributed by atoms with Crippen LogP contribution in [-0.4, -0.2) is 18.4 Å². The highest BCUT2D eigenvalue weighted by Crippen LogP contribution is 2.52. The predicted molar refractivity (Wildman–Crippen MR) is 119 cm³/mol. The Morgan fingerprint density at radius 3 is 2.23 bits per heavy atom. The van der Waals surface area contributed by atoms with Crippen molar-refractivity contribution in [3.05, 3.63) is 95.8 Å². The fourth-order valence-corrected chi connectivity index (χ4v) is 6.37. The SMILES string of the molecule is Cc1ccc(S(=O)(=O)N[C@H]2c3cccc4cccc(c34)[C@@H]2Sc2ncccn2)cc1. The average Bonchev–Trinajstić information content (AvgIpc) is 3.04. The molecule has 1 aromatic heterocycles. The Bertz CT molecular complexity index is 1320. The van der Waals surface area contributed by atoms with E-state index in [-0.39, 0.29) is 10.1 Å². The molecular weight excluding hydrogens is 414 g/mol. The van der Waals surface area contributed by atoms with E-state index in [4.69, 9.17) is 0 Å². The summed E-state index contributed by atoms with van der Waals surface area (Å²) in [6.07, 6.45) is 3.40. The van der Waals surface area contributed by atoms with Crippen LogP contribution in [0.15, 0.2) is 89.2 Å². The summed E-state index contributed by atoms with van der Waals surface area (Å²) < 4.78 is 29.4. The van der Waals surface area contributed by atoms with Crippen LogP contribution in [0.2, 0.25) is 0 Å². The minimum absolute atomic E-state index is 0.172. The summed E-state index contributed by atoms with van der Waals surface area (Å²) >= 11 is 1.48. The van der Waals surface area contributed by atoms with E-state index in [1.165, 1.54) is 11.8 Å². The van der Waals surface area contributed by atoms with Crippen LogP contribution >= 0.6 is 11.8 Å². The average molecular weight is 434 g/mol. The number of aromatic nitrogens is 2. The lowest BCUT2D eigenvalue weighted by atomic mass is 10.1. The molecule has 5 rings (SSSR count). The second-order valence-electron chi connectivity index (χ2n) is 7.27. The van der Waals surface area contributed by atoms with Crippen LogP contribution in [0.3, 0.4) is 0 Å². The molecule has 0 unspecified atom stereocenters. The second kappa shape index (κ2) is 7.50. The van der Waals surface area contributed by atoms with Crippen LogP contribution in [0.4, 0.5) is 0 Å². The second-order valence-corrected chi connectivity index (χ2v) is 10.1. The normalized spacial score (nSPS) is 18.0. The van der Waals surface area contributed by atoms with Gasteiger partial charge < -0.3 is 0 Å². The quantitative estimate of drug-likeness (QED) is 0.458. The summed E-state index contributed by atoms with van der Waals surface area (Å²) in [7, 11) is -3.70. The van der Waals surface area contributed by atoms with Crippen molar-refractivity contribution in [1.29, 1.82) is 0 Å². The Morgan fingerprint density at radius 2 is 1.53 bits per heavy atom. The zero-order valence-corrected chi connectivity index (χ0v) is 17.8. The largest absolute Gasteiger partial charge is 0.241 e. The fraction of sp³-hybridized carbons (Fsp3) is 0.130. The summed E-state index contributed by atoms with van der Waals surface area (Å²) in [5.41, 5.74) is 3.09. The number of sulfonamides is 1. The van der Waals surface area contributed by atoms with E-state index in [9.17, 15) is 8.42 Å². The van der Waals surface area contributed by atoms with Gasteiger partial charge in [0.1, 0.15) is 0 Å². The molecule has 1 aliphatic carbocycles. The van der Waals surface area contributed by atoms with E-state index in [1.54, 1.807) is 30.6 Å². The van der Waals surface area contributed by atoms with Gasteiger partial charge in [0.05, 0.1) is 16.2 Å². The van der Waals surface area contributed by atoms with Gasteiger partial charge in [-0.25, -0.2) is 23.1 Å². The topological polar surface area (TPSA) is 72.0 Å². The molecule has 0 amide bonds. The van der Waals surface area contributed by atoms with Crippen molar-refractivity contribution in [1.82, 2.24) is 14.7 Å². The highest BCUT2D eigenvalue weighted by atomic mass is 32.2. The molecule has 7 heteroatoms. The molecule has 0 spiro atoms. The van der Waals surface area contributed by atoms with E-state index in [1.807, 2.05) is 37.3 Å². The van der Waals surface area contributed by atoms with Crippen molar-refractivity contribution in [2.75, 3.05) is 0 Å². The lowest BCUT2D eigenvalue weighted by Crippen LogP contribution is -2.30. The van der Waals surface area contributed by atoms with Gasteiger partial charge in [0.25, 0.3) is 0 Å². The van der Waals surface area contributed by atoms with Gasteiger partial charge in [-0.05, 0) is 47.0 Å². The van der Waals surface area contributed by atoms with Crippen molar-refractivity contribution in [2.45, 2.75) is 28.3 Å². The summed E-state index contributed by atoms with van der Waals surface area (Å²) in [6, 6.07) is 20.4. The molecule has 1 aliphatic rings. The molecule has 30 heavy (non-hydrogen) atoms. The Balaban J connectivity index is 1.59. The number of nitrogens with one attached hydrogen (secondary N) is 1. The number of benzene rings is 3. The van der Waals surface area contributed by atoms with Crippen molar-refractivity contribution < 1.29 is 8.42 Å². The maximum Gasteiger partial charge on any atom is 0.241 e. The summed E-state index contributed by atoms with van der Waals surface area (Å²) in [4.78, 5) is 8.94. The van der Waals surface area contributed by atoms with Gasteiger partial charge in [0.15, 0.2) is 5.16 Å². The molecule has 5 nitrogen and oxygen atoms in total. The Kier molecular flexibility index (Phi) is 4.81. The monoisotopic (exact) mass is 433 g/mol. The van der Waals surface area contributed by atoms with Crippen molar-refractivity contribution >= 4 is 32.6 Å². The molecule has 0 bridgehead atoms. The van der Waals surface area contributed by atoms with Crippen LogP contribution < -0.4 is 4.72 Å². The number of thioether (sulfide) groups is 1. The molecule has 0 aliphatic heterocycles. The molecule has 150 valence electrons. The molecule has 0 saturated carbocycles. The first kappa shape index (κ1) is 19.2. The number of hydrogen-bond donors (Lipinski definition) is 1. The summed E-state index contributed by atoms with van der Waals surface area (Å²) in [6.45, 7) is 1.94. The highest BCUT2D eigenvalue weighted by molar-refractivity contribution is 7.99. The molecule has 1 heterocycles. The Hall–Kier alpha value is -2.74. The van der Waals surface area contributed by atoms with Crippen LogP contribution in [-0.2, 0) is 10.0 Å². The minimum Gasteiger partial charge on any atom is -0.231 e. The molecule has 0 saturated heterocycles. The lowest BCUT2D eigenvalue weighted by molar-refractivity contribution is 0.557. The Labute approximate surface area is 179 Å².